The fourth-order valence-corrected chi connectivity index (χ4v) is 3.01. The molecule has 1 amide bonds. The van der Waals surface area contributed by atoms with E-state index in [1.54, 1.807) is 18.3 Å². The van der Waals surface area contributed by atoms with Crippen LogP contribution < -0.4 is 15.8 Å². The molecular formula is C19H25Cl2N3O2. The first-order valence-corrected chi connectivity index (χ1v) is 8.36. The van der Waals surface area contributed by atoms with E-state index in [1.165, 1.54) is 5.56 Å². The molecule has 0 bridgehead atoms. The topological polar surface area (TPSA) is 77.2 Å². The van der Waals surface area contributed by atoms with Gasteiger partial charge in [0.2, 0.25) is 11.8 Å². The molecule has 1 heterocycles. The van der Waals surface area contributed by atoms with Gasteiger partial charge in [0.25, 0.3) is 0 Å². The lowest BCUT2D eigenvalue weighted by atomic mass is 10.00. The molecule has 1 aromatic heterocycles. The van der Waals surface area contributed by atoms with Crippen molar-refractivity contribution in [1.82, 2.24) is 4.98 Å². The average molecular weight is 398 g/mol. The summed E-state index contributed by atoms with van der Waals surface area (Å²) in [5.41, 5.74) is 7.86. The normalized spacial score (nSPS) is 18.4. The zero-order valence-corrected chi connectivity index (χ0v) is 16.3. The summed E-state index contributed by atoms with van der Waals surface area (Å²) < 4.78 is 5.67. The second-order valence-corrected chi connectivity index (χ2v) is 6.41. The van der Waals surface area contributed by atoms with E-state index >= 15 is 0 Å². The number of aryl methyl sites for hydroxylation is 1. The number of anilines is 1. The molecule has 1 aromatic carbocycles. The predicted octanol–water partition coefficient (Wildman–Crippen LogP) is 4.48. The van der Waals surface area contributed by atoms with E-state index in [1.807, 2.05) is 31.2 Å². The Labute approximate surface area is 166 Å². The van der Waals surface area contributed by atoms with Gasteiger partial charge in [-0.15, -0.1) is 24.8 Å². The highest BCUT2D eigenvalue weighted by Gasteiger charge is 2.26. The number of amides is 1. The zero-order chi connectivity index (χ0) is 16.9. The van der Waals surface area contributed by atoms with Crippen LogP contribution in [0.5, 0.6) is 11.6 Å². The van der Waals surface area contributed by atoms with Crippen molar-refractivity contribution < 1.29 is 9.53 Å². The number of ether oxygens (including phenoxy) is 1. The Morgan fingerprint density at radius 3 is 2.50 bits per heavy atom. The third-order valence-electron chi connectivity index (χ3n) is 4.43. The van der Waals surface area contributed by atoms with Gasteiger partial charge in [-0.05, 0) is 43.9 Å². The van der Waals surface area contributed by atoms with Crippen LogP contribution in [0.4, 0.5) is 5.69 Å². The Balaban J connectivity index is 0.00000169. The number of halogens is 2. The number of carbonyl (C=O) groups excluding carboxylic acids is 1. The number of aromatic nitrogens is 1. The Morgan fingerprint density at radius 2 is 1.92 bits per heavy atom. The van der Waals surface area contributed by atoms with Gasteiger partial charge >= 0.3 is 0 Å². The second-order valence-electron chi connectivity index (χ2n) is 6.41. The summed E-state index contributed by atoms with van der Waals surface area (Å²) in [6.45, 7) is 2.03. The highest BCUT2D eigenvalue weighted by molar-refractivity contribution is 5.90. The summed E-state index contributed by atoms with van der Waals surface area (Å²) in [5, 5.41) is 2.88. The van der Waals surface area contributed by atoms with Crippen LogP contribution in [-0.4, -0.2) is 16.9 Å². The van der Waals surface area contributed by atoms with Gasteiger partial charge in [-0.2, -0.15) is 0 Å². The van der Waals surface area contributed by atoms with Crippen molar-refractivity contribution >= 4 is 36.4 Å². The molecule has 142 valence electrons. The number of nitrogens with one attached hydrogen (secondary N) is 1. The summed E-state index contributed by atoms with van der Waals surface area (Å²) in [6, 6.07) is 11.5. The number of pyridine rings is 1. The summed E-state index contributed by atoms with van der Waals surface area (Å²) in [6.07, 6.45) is 5.26. The molecular weight excluding hydrogens is 373 g/mol. The third-order valence-corrected chi connectivity index (χ3v) is 4.43. The molecule has 2 atom stereocenters. The number of nitrogens with zero attached hydrogens (tertiary/aromatic N) is 1. The first-order chi connectivity index (χ1) is 11.6. The molecule has 1 aliphatic carbocycles. The Morgan fingerprint density at radius 1 is 1.19 bits per heavy atom. The van der Waals surface area contributed by atoms with Crippen molar-refractivity contribution in [3.63, 3.8) is 0 Å². The van der Waals surface area contributed by atoms with Crippen molar-refractivity contribution in [2.45, 2.75) is 38.6 Å². The quantitative estimate of drug-likeness (QED) is 0.779. The minimum atomic E-state index is -0.00801. The molecule has 0 radical (unpaired) electrons. The maximum absolute atomic E-state index is 12.1. The van der Waals surface area contributed by atoms with Gasteiger partial charge in [0, 0.05) is 18.5 Å². The first-order valence-electron chi connectivity index (χ1n) is 8.36. The maximum Gasteiger partial charge on any atom is 0.224 e. The van der Waals surface area contributed by atoms with Gasteiger partial charge < -0.3 is 15.8 Å². The summed E-state index contributed by atoms with van der Waals surface area (Å²) in [7, 11) is 0. The van der Waals surface area contributed by atoms with E-state index in [-0.39, 0.29) is 36.8 Å². The van der Waals surface area contributed by atoms with E-state index in [2.05, 4.69) is 10.3 Å². The fraction of sp³-hybridized carbons (Fsp3) is 0.368. The summed E-state index contributed by atoms with van der Waals surface area (Å²) in [4.78, 5) is 16.3. The van der Waals surface area contributed by atoms with E-state index in [0.717, 1.165) is 25.0 Å². The maximum atomic E-state index is 12.1. The predicted molar refractivity (Wildman–Crippen MR) is 109 cm³/mol. The molecule has 0 unspecified atom stereocenters. The van der Waals surface area contributed by atoms with Crippen molar-refractivity contribution in [3.8, 4) is 11.6 Å². The molecule has 1 saturated carbocycles. The molecule has 0 aliphatic heterocycles. The average Bonchev–Trinajstić information content (AvgIpc) is 2.96. The van der Waals surface area contributed by atoms with Gasteiger partial charge in [0.05, 0.1) is 11.9 Å². The molecule has 5 nitrogen and oxygen atoms in total. The smallest absolute Gasteiger partial charge is 0.224 e. The lowest BCUT2D eigenvalue weighted by Crippen LogP contribution is -2.28. The molecule has 1 aliphatic rings. The monoisotopic (exact) mass is 397 g/mol. The molecule has 7 heteroatoms. The second kappa shape index (κ2) is 10.4. The van der Waals surface area contributed by atoms with Crippen molar-refractivity contribution in [1.29, 1.82) is 0 Å². The lowest BCUT2D eigenvalue weighted by molar-refractivity contribution is -0.117. The Kier molecular flexibility index (Phi) is 8.85. The fourth-order valence-electron chi connectivity index (χ4n) is 3.01. The van der Waals surface area contributed by atoms with Crippen LogP contribution in [0.1, 0.15) is 31.2 Å². The van der Waals surface area contributed by atoms with Crippen LogP contribution in [0.25, 0.3) is 0 Å². The molecule has 3 rings (SSSR count). The molecule has 0 saturated heterocycles. The van der Waals surface area contributed by atoms with Crippen molar-refractivity contribution in [3.05, 3.63) is 48.2 Å². The molecule has 0 spiro atoms. The highest BCUT2D eigenvalue weighted by atomic mass is 35.5. The van der Waals surface area contributed by atoms with Gasteiger partial charge in [0.15, 0.2) is 0 Å². The van der Waals surface area contributed by atoms with Gasteiger partial charge in [-0.1, -0.05) is 24.1 Å². The minimum Gasteiger partial charge on any atom is -0.439 e. The van der Waals surface area contributed by atoms with Crippen LogP contribution >= 0.6 is 24.8 Å². The number of benzene rings is 1. The van der Waals surface area contributed by atoms with E-state index in [9.17, 15) is 4.79 Å². The van der Waals surface area contributed by atoms with E-state index in [0.29, 0.717) is 23.9 Å². The largest absolute Gasteiger partial charge is 0.439 e. The summed E-state index contributed by atoms with van der Waals surface area (Å²) in [5.74, 6) is 1.52. The van der Waals surface area contributed by atoms with Crippen LogP contribution in [0, 0.1) is 12.8 Å². The number of carbonyl (C=O) groups is 1. The van der Waals surface area contributed by atoms with Crippen molar-refractivity contribution in [2.24, 2.45) is 11.7 Å². The number of hydrogen-bond acceptors (Lipinski definition) is 4. The SMILES string of the molecule is Cc1ccc(Oc2ccc(NC(=O)C[C@@H]3CCC[C@H]3N)cn2)cc1.Cl.Cl. The third kappa shape index (κ3) is 6.16. The highest BCUT2D eigenvalue weighted by Crippen LogP contribution is 2.27. The van der Waals surface area contributed by atoms with Crippen LogP contribution in [0.3, 0.4) is 0 Å². The van der Waals surface area contributed by atoms with Crippen LogP contribution in [0.2, 0.25) is 0 Å². The van der Waals surface area contributed by atoms with Gasteiger partial charge in [-0.3, -0.25) is 4.79 Å². The molecule has 2 aromatic rings. The lowest BCUT2D eigenvalue weighted by Gasteiger charge is -2.14. The van der Waals surface area contributed by atoms with Crippen LogP contribution in [-0.2, 0) is 4.79 Å². The minimum absolute atomic E-state index is 0. The van der Waals surface area contributed by atoms with Crippen molar-refractivity contribution in [2.75, 3.05) is 5.32 Å². The zero-order valence-electron chi connectivity index (χ0n) is 14.7. The molecule has 26 heavy (non-hydrogen) atoms. The first kappa shape index (κ1) is 22.2. The van der Waals surface area contributed by atoms with Gasteiger partial charge in [-0.25, -0.2) is 4.98 Å². The Hall–Kier alpha value is -1.82. The standard InChI is InChI=1S/C19H23N3O2.2ClH/c1-13-5-8-16(9-6-13)24-19-10-7-15(12-21-19)22-18(23)11-14-3-2-4-17(14)20;;/h5-10,12,14,17H,2-4,11,20H2,1H3,(H,22,23);2*1H/t14-,17+;;/m0../s1. The molecule has 3 N–H and O–H groups in total. The van der Waals surface area contributed by atoms with E-state index in [4.69, 9.17) is 10.5 Å². The van der Waals surface area contributed by atoms with Gasteiger partial charge in [0.1, 0.15) is 5.75 Å². The number of nitrogens with two attached hydrogens (primary N) is 1. The number of rotatable bonds is 5. The number of hydrogen-bond donors (Lipinski definition) is 2. The Bertz CT molecular complexity index is 693. The summed E-state index contributed by atoms with van der Waals surface area (Å²) >= 11 is 0. The van der Waals surface area contributed by atoms with E-state index < -0.39 is 0 Å². The van der Waals surface area contributed by atoms with Crippen LogP contribution in [0.15, 0.2) is 42.6 Å². The molecule has 1 fully saturated rings.